The standard InChI is InChI=1S/C17H18N2O/c1-3-16(14-11-9-13(2)10-12-14)18-19-17(20)15-7-5-4-6-8-15/h4-12H,3H2,1-2H3,(H,19,20)/b18-16+. The van der Waals surface area contributed by atoms with Gasteiger partial charge in [-0.2, -0.15) is 5.10 Å². The SMILES string of the molecule is CC/C(=N\NC(=O)c1ccccc1)c1ccc(C)cc1. The molecule has 0 heterocycles. The number of amides is 1. The van der Waals surface area contributed by atoms with Gasteiger partial charge in [0.2, 0.25) is 0 Å². The summed E-state index contributed by atoms with van der Waals surface area (Å²) in [5.41, 5.74) is 6.33. The van der Waals surface area contributed by atoms with E-state index in [0.717, 1.165) is 17.7 Å². The molecule has 0 saturated heterocycles. The smallest absolute Gasteiger partial charge is 0.267 e. The highest BCUT2D eigenvalue weighted by Gasteiger charge is 2.05. The van der Waals surface area contributed by atoms with Crippen LogP contribution in [-0.2, 0) is 0 Å². The highest BCUT2D eigenvalue weighted by atomic mass is 16.2. The third-order valence-corrected chi connectivity index (χ3v) is 3.05. The zero-order chi connectivity index (χ0) is 14.4. The summed E-state index contributed by atoms with van der Waals surface area (Å²) in [4.78, 5) is 11.9. The maximum Gasteiger partial charge on any atom is 0.271 e. The fourth-order valence-corrected chi connectivity index (χ4v) is 1.87. The van der Waals surface area contributed by atoms with E-state index in [-0.39, 0.29) is 5.91 Å². The van der Waals surface area contributed by atoms with Crippen molar-refractivity contribution >= 4 is 11.6 Å². The van der Waals surface area contributed by atoms with E-state index in [4.69, 9.17) is 0 Å². The normalized spacial score (nSPS) is 11.2. The number of carbonyl (C=O) groups is 1. The summed E-state index contributed by atoms with van der Waals surface area (Å²) in [5, 5.41) is 4.24. The number of nitrogens with one attached hydrogen (secondary N) is 1. The molecule has 0 saturated carbocycles. The van der Waals surface area contributed by atoms with Crippen molar-refractivity contribution in [1.82, 2.24) is 5.43 Å². The molecule has 20 heavy (non-hydrogen) atoms. The molecular weight excluding hydrogens is 248 g/mol. The van der Waals surface area contributed by atoms with E-state index >= 15 is 0 Å². The fraction of sp³-hybridized carbons (Fsp3) is 0.176. The molecule has 0 aliphatic heterocycles. The third-order valence-electron chi connectivity index (χ3n) is 3.05. The van der Waals surface area contributed by atoms with Crippen molar-refractivity contribution in [2.75, 3.05) is 0 Å². The zero-order valence-corrected chi connectivity index (χ0v) is 11.8. The molecule has 0 bridgehead atoms. The number of hydrazone groups is 1. The monoisotopic (exact) mass is 266 g/mol. The minimum absolute atomic E-state index is 0.191. The average molecular weight is 266 g/mol. The first-order chi connectivity index (χ1) is 9.70. The number of hydrogen-bond acceptors (Lipinski definition) is 2. The van der Waals surface area contributed by atoms with E-state index < -0.39 is 0 Å². The van der Waals surface area contributed by atoms with Gasteiger partial charge in [0.25, 0.3) is 5.91 Å². The molecule has 0 radical (unpaired) electrons. The van der Waals surface area contributed by atoms with Crippen LogP contribution < -0.4 is 5.43 Å². The van der Waals surface area contributed by atoms with Crippen molar-refractivity contribution in [3.63, 3.8) is 0 Å². The molecule has 2 rings (SSSR count). The van der Waals surface area contributed by atoms with Crippen molar-refractivity contribution in [3.8, 4) is 0 Å². The molecule has 102 valence electrons. The molecule has 1 amide bonds. The topological polar surface area (TPSA) is 41.5 Å². The van der Waals surface area contributed by atoms with Crippen molar-refractivity contribution in [1.29, 1.82) is 0 Å². The van der Waals surface area contributed by atoms with E-state index in [1.807, 2.05) is 56.3 Å². The molecule has 2 aromatic rings. The molecule has 0 aromatic heterocycles. The van der Waals surface area contributed by atoms with Crippen LogP contribution in [-0.4, -0.2) is 11.6 Å². The maximum atomic E-state index is 11.9. The summed E-state index contributed by atoms with van der Waals surface area (Å²) in [6.45, 7) is 4.07. The van der Waals surface area contributed by atoms with Crippen LogP contribution in [0.25, 0.3) is 0 Å². The fourth-order valence-electron chi connectivity index (χ4n) is 1.87. The molecule has 2 aromatic carbocycles. The molecular formula is C17H18N2O. The highest BCUT2D eigenvalue weighted by molar-refractivity contribution is 6.02. The molecule has 1 N–H and O–H groups in total. The first kappa shape index (κ1) is 14.0. The summed E-state index contributed by atoms with van der Waals surface area (Å²) in [5.74, 6) is -0.191. The van der Waals surface area contributed by atoms with Crippen LogP contribution in [0.3, 0.4) is 0 Å². The van der Waals surface area contributed by atoms with Gasteiger partial charge in [-0.3, -0.25) is 4.79 Å². The number of aryl methyl sites for hydroxylation is 1. The quantitative estimate of drug-likeness (QED) is 0.667. The average Bonchev–Trinajstić information content (AvgIpc) is 2.50. The van der Waals surface area contributed by atoms with Gasteiger partial charge < -0.3 is 0 Å². The van der Waals surface area contributed by atoms with Crippen molar-refractivity contribution in [2.45, 2.75) is 20.3 Å². The number of carbonyl (C=O) groups excluding carboxylic acids is 1. The van der Waals surface area contributed by atoms with Gasteiger partial charge in [-0.1, -0.05) is 55.0 Å². The van der Waals surface area contributed by atoms with E-state index in [9.17, 15) is 4.79 Å². The largest absolute Gasteiger partial charge is 0.271 e. The van der Waals surface area contributed by atoms with E-state index in [0.29, 0.717) is 5.56 Å². The predicted octanol–water partition coefficient (Wildman–Crippen LogP) is 3.54. The molecule has 0 spiro atoms. The van der Waals surface area contributed by atoms with Crippen LogP contribution in [0, 0.1) is 6.92 Å². The van der Waals surface area contributed by atoms with Gasteiger partial charge in [-0.15, -0.1) is 0 Å². The first-order valence-electron chi connectivity index (χ1n) is 6.69. The lowest BCUT2D eigenvalue weighted by atomic mass is 10.1. The Morgan fingerprint density at radius 3 is 2.25 bits per heavy atom. The van der Waals surface area contributed by atoms with Gasteiger partial charge in [-0.05, 0) is 31.0 Å². The van der Waals surface area contributed by atoms with Gasteiger partial charge in [0.05, 0.1) is 5.71 Å². The van der Waals surface area contributed by atoms with Gasteiger partial charge >= 0.3 is 0 Å². The minimum atomic E-state index is -0.191. The maximum absolute atomic E-state index is 11.9. The van der Waals surface area contributed by atoms with Crippen LogP contribution >= 0.6 is 0 Å². The third kappa shape index (κ3) is 3.54. The summed E-state index contributed by atoms with van der Waals surface area (Å²) in [7, 11) is 0. The molecule has 3 nitrogen and oxygen atoms in total. The van der Waals surface area contributed by atoms with Crippen LogP contribution in [0.1, 0.15) is 34.8 Å². The Labute approximate surface area is 119 Å². The van der Waals surface area contributed by atoms with Gasteiger partial charge in [-0.25, -0.2) is 5.43 Å². The lowest BCUT2D eigenvalue weighted by Crippen LogP contribution is -2.19. The summed E-state index contributed by atoms with van der Waals surface area (Å²) in [6.07, 6.45) is 0.762. The summed E-state index contributed by atoms with van der Waals surface area (Å²) in [6, 6.07) is 17.2. The summed E-state index contributed by atoms with van der Waals surface area (Å²) < 4.78 is 0. The molecule has 0 fully saturated rings. The zero-order valence-electron chi connectivity index (χ0n) is 11.8. The molecule has 0 atom stereocenters. The lowest BCUT2D eigenvalue weighted by molar-refractivity contribution is 0.0955. The minimum Gasteiger partial charge on any atom is -0.267 e. The molecule has 0 unspecified atom stereocenters. The van der Waals surface area contributed by atoms with Crippen LogP contribution in [0.5, 0.6) is 0 Å². The molecule has 3 heteroatoms. The molecule has 0 aliphatic carbocycles. The first-order valence-corrected chi connectivity index (χ1v) is 6.69. The van der Waals surface area contributed by atoms with Crippen LogP contribution in [0.15, 0.2) is 59.7 Å². The second-order valence-corrected chi connectivity index (χ2v) is 4.59. The van der Waals surface area contributed by atoms with Gasteiger partial charge in [0.1, 0.15) is 0 Å². The molecule has 0 aliphatic rings. The van der Waals surface area contributed by atoms with E-state index in [1.165, 1.54) is 5.56 Å². The van der Waals surface area contributed by atoms with Gasteiger partial charge in [0.15, 0.2) is 0 Å². The van der Waals surface area contributed by atoms with Crippen LogP contribution in [0.2, 0.25) is 0 Å². The Morgan fingerprint density at radius 1 is 1.00 bits per heavy atom. The Morgan fingerprint density at radius 2 is 1.65 bits per heavy atom. The highest BCUT2D eigenvalue weighted by Crippen LogP contribution is 2.07. The van der Waals surface area contributed by atoms with Crippen LogP contribution in [0.4, 0.5) is 0 Å². The Kier molecular flexibility index (Phi) is 4.66. The number of nitrogens with zero attached hydrogens (tertiary/aromatic N) is 1. The second-order valence-electron chi connectivity index (χ2n) is 4.59. The van der Waals surface area contributed by atoms with E-state index in [1.54, 1.807) is 12.1 Å². The summed E-state index contributed by atoms with van der Waals surface area (Å²) >= 11 is 0. The lowest BCUT2D eigenvalue weighted by Gasteiger charge is -2.06. The van der Waals surface area contributed by atoms with Crippen molar-refractivity contribution in [3.05, 3.63) is 71.3 Å². The second kappa shape index (κ2) is 6.66. The Bertz CT molecular complexity index is 601. The Hall–Kier alpha value is -2.42. The Balaban J connectivity index is 2.12. The number of rotatable bonds is 4. The number of hydrogen-bond donors (Lipinski definition) is 1. The number of benzene rings is 2. The van der Waals surface area contributed by atoms with Crippen molar-refractivity contribution in [2.24, 2.45) is 5.10 Å². The van der Waals surface area contributed by atoms with E-state index in [2.05, 4.69) is 10.5 Å². The van der Waals surface area contributed by atoms with Gasteiger partial charge in [0, 0.05) is 5.56 Å². The predicted molar refractivity (Wildman–Crippen MR) is 81.9 cm³/mol. The van der Waals surface area contributed by atoms with Crippen molar-refractivity contribution < 1.29 is 4.79 Å².